The topological polar surface area (TPSA) is 47.3 Å². The molecule has 0 atom stereocenters. The first-order valence-corrected chi connectivity index (χ1v) is 5.64. The van der Waals surface area contributed by atoms with E-state index in [4.69, 9.17) is 10.5 Å². The van der Waals surface area contributed by atoms with E-state index >= 15 is 0 Å². The Bertz CT molecular complexity index is 393. The maximum atomic E-state index is 12.4. The molecule has 0 radical (unpaired) electrons. The van der Waals surface area contributed by atoms with Gasteiger partial charge in [-0.05, 0) is 24.3 Å². The number of nitrogens with one attached hydrogen (secondary N) is 1. The van der Waals surface area contributed by atoms with E-state index in [0.29, 0.717) is 32.0 Å². The van der Waals surface area contributed by atoms with Crippen molar-refractivity contribution in [3.05, 3.63) is 29.8 Å². The summed E-state index contributed by atoms with van der Waals surface area (Å²) in [6.45, 7) is 2.30. The Morgan fingerprint density at radius 2 is 1.83 bits per heavy atom. The average molecular weight is 260 g/mol. The maximum Gasteiger partial charge on any atom is 0.416 e. The van der Waals surface area contributed by atoms with Gasteiger partial charge in [-0.3, -0.25) is 0 Å². The predicted molar refractivity (Wildman–Crippen MR) is 62.2 cm³/mol. The third kappa shape index (κ3) is 2.76. The highest BCUT2D eigenvalue weighted by Crippen LogP contribution is 2.30. The van der Waals surface area contributed by atoms with Gasteiger partial charge in [0.25, 0.3) is 0 Å². The molecule has 0 amide bonds. The molecule has 0 spiro atoms. The van der Waals surface area contributed by atoms with Gasteiger partial charge in [0, 0.05) is 24.2 Å². The van der Waals surface area contributed by atoms with E-state index in [1.54, 1.807) is 0 Å². The summed E-state index contributed by atoms with van der Waals surface area (Å²) in [5.41, 5.74) is 5.58. The molecule has 0 unspecified atom stereocenters. The van der Waals surface area contributed by atoms with Gasteiger partial charge in [0.05, 0.1) is 18.8 Å². The number of hydrogen-bond acceptors (Lipinski definition) is 3. The van der Waals surface area contributed by atoms with Crippen LogP contribution in [0.5, 0.6) is 0 Å². The molecular formula is C12H15F3N2O. The lowest BCUT2D eigenvalue weighted by Crippen LogP contribution is -2.52. The Morgan fingerprint density at radius 3 is 2.22 bits per heavy atom. The molecule has 0 bridgehead atoms. The molecule has 1 fully saturated rings. The molecule has 18 heavy (non-hydrogen) atoms. The van der Waals surface area contributed by atoms with Gasteiger partial charge in [-0.15, -0.1) is 0 Å². The monoisotopic (exact) mass is 260 g/mol. The summed E-state index contributed by atoms with van der Waals surface area (Å²) in [5, 5.41) is 3.09. The fourth-order valence-corrected chi connectivity index (χ4v) is 1.75. The van der Waals surface area contributed by atoms with Gasteiger partial charge >= 0.3 is 6.18 Å². The first-order chi connectivity index (χ1) is 8.45. The van der Waals surface area contributed by atoms with Crippen molar-refractivity contribution in [2.45, 2.75) is 6.18 Å². The lowest BCUT2D eigenvalue weighted by atomic mass is 9.86. The summed E-state index contributed by atoms with van der Waals surface area (Å²) in [6.07, 6.45) is -4.29. The average Bonchev–Trinajstić information content (AvgIpc) is 2.28. The summed E-state index contributed by atoms with van der Waals surface area (Å²) in [4.78, 5) is 0. The van der Waals surface area contributed by atoms with E-state index in [-0.39, 0.29) is 5.41 Å². The molecule has 100 valence electrons. The summed E-state index contributed by atoms with van der Waals surface area (Å²) >= 11 is 0. The van der Waals surface area contributed by atoms with Crippen molar-refractivity contribution in [2.24, 2.45) is 11.1 Å². The molecule has 3 nitrogen and oxygen atoms in total. The van der Waals surface area contributed by atoms with Crippen LogP contribution in [-0.4, -0.2) is 26.3 Å². The number of rotatable bonds is 4. The van der Waals surface area contributed by atoms with Gasteiger partial charge in [0.1, 0.15) is 0 Å². The van der Waals surface area contributed by atoms with Crippen LogP contribution in [0.25, 0.3) is 0 Å². The van der Waals surface area contributed by atoms with Gasteiger partial charge in [-0.2, -0.15) is 13.2 Å². The van der Waals surface area contributed by atoms with Gasteiger partial charge in [0.15, 0.2) is 0 Å². The van der Waals surface area contributed by atoms with Crippen molar-refractivity contribution in [1.29, 1.82) is 0 Å². The van der Waals surface area contributed by atoms with Crippen molar-refractivity contribution in [3.63, 3.8) is 0 Å². The molecule has 0 aliphatic carbocycles. The van der Waals surface area contributed by atoms with Crippen LogP contribution in [0.1, 0.15) is 5.56 Å². The van der Waals surface area contributed by atoms with Crippen LogP contribution in [0.15, 0.2) is 24.3 Å². The highest BCUT2D eigenvalue weighted by Gasteiger charge is 2.37. The summed E-state index contributed by atoms with van der Waals surface area (Å²) in [6, 6.07) is 4.97. The molecule has 0 saturated carbocycles. The number of alkyl halides is 3. The first kappa shape index (κ1) is 13.2. The van der Waals surface area contributed by atoms with Crippen LogP contribution in [0.4, 0.5) is 18.9 Å². The fraction of sp³-hybridized carbons (Fsp3) is 0.500. The maximum absolute atomic E-state index is 12.4. The third-order valence-electron chi connectivity index (χ3n) is 3.13. The summed E-state index contributed by atoms with van der Waals surface area (Å²) in [7, 11) is 0. The highest BCUT2D eigenvalue weighted by molar-refractivity contribution is 5.45. The van der Waals surface area contributed by atoms with Crippen LogP contribution in [0.3, 0.4) is 0 Å². The normalized spacial score (nSPS) is 18.2. The summed E-state index contributed by atoms with van der Waals surface area (Å²) < 4.78 is 42.2. The molecule has 0 aromatic heterocycles. The third-order valence-corrected chi connectivity index (χ3v) is 3.13. The van der Waals surface area contributed by atoms with E-state index in [2.05, 4.69) is 5.32 Å². The quantitative estimate of drug-likeness (QED) is 0.871. The number of anilines is 1. The number of hydrogen-bond donors (Lipinski definition) is 2. The zero-order chi connectivity index (χ0) is 13.2. The number of benzene rings is 1. The highest BCUT2D eigenvalue weighted by atomic mass is 19.4. The van der Waals surface area contributed by atoms with Crippen LogP contribution < -0.4 is 11.1 Å². The van der Waals surface area contributed by atoms with Crippen molar-refractivity contribution in [1.82, 2.24) is 0 Å². The van der Waals surface area contributed by atoms with Gasteiger partial charge in [0.2, 0.25) is 0 Å². The molecule has 1 heterocycles. The van der Waals surface area contributed by atoms with Gasteiger partial charge in [-0.1, -0.05) is 0 Å². The molecule has 3 N–H and O–H groups in total. The van der Waals surface area contributed by atoms with Crippen molar-refractivity contribution in [2.75, 3.05) is 31.6 Å². The van der Waals surface area contributed by atoms with Gasteiger partial charge in [-0.25, -0.2) is 0 Å². The minimum atomic E-state index is -4.29. The largest absolute Gasteiger partial charge is 0.416 e. The molecule has 6 heteroatoms. The van der Waals surface area contributed by atoms with E-state index < -0.39 is 11.7 Å². The summed E-state index contributed by atoms with van der Waals surface area (Å²) in [5.74, 6) is 0. The second-order valence-electron chi connectivity index (χ2n) is 4.63. The zero-order valence-corrected chi connectivity index (χ0v) is 9.76. The van der Waals surface area contributed by atoms with Crippen LogP contribution in [0.2, 0.25) is 0 Å². The van der Waals surface area contributed by atoms with E-state index in [1.165, 1.54) is 12.1 Å². The molecule has 1 saturated heterocycles. The smallest absolute Gasteiger partial charge is 0.384 e. The van der Waals surface area contributed by atoms with Crippen LogP contribution in [0, 0.1) is 5.41 Å². The van der Waals surface area contributed by atoms with Crippen molar-refractivity contribution in [3.8, 4) is 0 Å². The van der Waals surface area contributed by atoms with Crippen LogP contribution >= 0.6 is 0 Å². The van der Waals surface area contributed by atoms with E-state index in [9.17, 15) is 13.2 Å². The molecular weight excluding hydrogens is 245 g/mol. The van der Waals surface area contributed by atoms with E-state index in [1.807, 2.05) is 0 Å². The molecule has 1 aromatic carbocycles. The second kappa shape index (κ2) is 4.78. The van der Waals surface area contributed by atoms with Crippen molar-refractivity contribution < 1.29 is 17.9 Å². The standard InChI is InChI=1S/C12H15F3N2O/c13-12(14,15)9-1-3-10(4-2-9)17-6-11(5-16)7-18-8-11/h1-4,17H,5-8,16H2. The van der Waals surface area contributed by atoms with Crippen LogP contribution in [-0.2, 0) is 10.9 Å². The van der Waals surface area contributed by atoms with E-state index in [0.717, 1.165) is 12.1 Å². The SMILES string of the molecule is NCC1(CNc2ccc(C(F)(F)F)cc2)COC1. The van der Waals surface area contributed by atoms with Gasteiger partial charge < -0.3 is 15.8 Å². The second-order valence-corrected chi connectivity index (χ2v) is 4.63. The zero-order valence-electron chi connectivity index (χ0n) is 9.76. The molecule has 1 aromatic rings. The molecule has 1 aliphatic rings. The lowest BCUT2D eigenvalue weighted by molar-refractivity contribution is -0.137. The Balaban J connectivity index is 1.94. The Labute approximate surface area is 103 Å². The van der Waals surface area contributed by atoms with Crippen molar-refractivity contribution >= 4 is 5.69 Å². The Kier molecular flexibility index (Phi) is 3.49. The number of nitrogens with two attached hydrogens (primary N) is 1. The molecule has 2 rings (SSSR count). The minimum Gasteiger partial charge on any atom is -0.384 e. The number of ether oxygens (including phenoxy) is 1. The Hall–Kier alpha value is -1.27. The lowest BCUT2D eigenvalue weighted by Gasteiger charge is -2.40. The molecule has 1 aliphatic heterocycles. The Morgan fingerprint density at radius 1 is 1.22 bits per heavy atom. The predicted octanol–water partition coefficient (Wildman–Crippen LogP) is 2.09. The number of halogens is 3. The minimum absolute atomic E-state index is 0.0807. The fourth-order valence-electron chi connectivity index (χ4n) is 1.75. The first-order valence-electron chi connectivity index (χ1n) is 5.64.